The number of hydrogen-bond acceptors (Lipinski definition) is 4. The molecule has 2 aliphatic carbocycles. The molecule has 3 unspecified atom stereocenters. The number of aliphatic hydroxyl groups is 3. The number of rotatable bonds is 0. The van der Waals surface area contributed by atoms with Crippen LogP contribution in [0.25, 0.3) is 0 Å². The normalized spacial score (nSPS) is 55.5. The molecule has 4 heteroatoms. The Kier molecular flexibility index (Phi) is 1.77. The summed E-state index contributed by atoms with van der Waals surface area (Å²) in [5.41, 5.74) is -0.835. The van der Waals surface area contributed by atoms with E-state index in [0.717, 1.165) is 0 Å². The Morgan fingerprint density at radius 3 is 2.15 bits per heavy atom. The fraction of sp³-hybridized carbons (Fsp3) is 0.889. The molecule has 2 rings (SSSR count). The average Bonchev–Trinajstić information content (AvgIpc) is 2.19. The van der Waals surface area contributed by atoms with Crippen molar-refractivity contribution in [1.29, 1.82) is 0 Å². The lowest BCUT2D eigenvalue weighted by Gasteiger charge is -2.44. The van der Waals surface area contributed by atoms with Crippen LogP contribution in [0.15, 0.2) is 0 Å². The first-order chi connectivity index (χ1) is 5.99. The lowest BCUT2D eigenvalue weighted by molar-refractivity contribution is -0.144. The predicted molar refractivity (Wildman–Crippen MR) is 43.9 cm³/mol. The van der Waals surface area contributed by atoms with Crippen LogP contribution in [0.2, 0.25) is 0 Å². The van der Waals surface area contributed by atoms with Crippen molar-refractivity contribution in [2.24, 2.45) is 11.3 Å². The fourth-order valence-electron chi connectivity index (χ4n) is 2.72. The molecule has 0 radical (unpaired) electrons. The molecule has 0 saturated heterocycles. The van der Waals surface area contributed by atoms with Gasteiger partial charge in [0, 0.05) is 0 Å². The third-order valence-electron chi connectivity index (χ3n) is 3.40. The molecule has 3 atom stereocenters. The van der Waals surface area contributed by atoms with Gasteiger partial charge in [-0.05, 0) is 18.8 Å². The third-order valence-corrected chi connectivity index (χ3v) is 3.40. The maximum atomic E-state index is 11.5. The first-order valence-electron chi connectivity index (χ1n) is 4.57. The van der Waals surface area contributed by atoms with Crippen LogP contribution in [0.1, 0.15) is 19.8 Å². The lowest BCUT2D eigenvalue weighted by Crippen LogP contribution is -2.48. The van der Waals surface area contributed by atoms with E-state index >= 15 is 0 Å². The molecule has 0 aromatic rings. The highest BCUT2D eigenvalue weighted by Crippen LogP contribution is 2.53. The smallest absolute Gasteiger partial charge is 0.172 e. The SMILES string of the molecule is CC1CC2(C1)C(=O)C(O)C(O)C2O. The molecule has 2 aliphatic rings. The molecule has 74 valence electrons. The van der Waals surface area contributed by atoms with E-state index in [1.807, 2.05) is 6.92 Å². The monoisotopic (exact) mass is 186 g/mol. The van der Waals surface area contributed by atoms with E-state index < -0.39 is 23.7 Å². The Labute approximate surface area is 76.2 Å². The van der Waals surface area contributed by atoms with Crippen molar-refractivity contribution in [2.45, 2.75) is 38.1 Å². The van der Waals surface area contributed by atoms with Gasteiger partial charge in [-0.25, -0.2) is 0 Å². The molecule has 2 saturated carbocycles. The standard InChI is InChI=1S/C9H14O4/c1-4-2-9(3-4)7(12)5(10)6(11)8(9)13/h4-7,10-12H,2-3H2,1H3. The summed E-state index contributed by atoms with van der Waals surface area (Å²) in [6.07, 6.45) is -2.59. The van der Waals surface area contributed by atoms with Gasteiger partial charge in [-0.1, -0.05) is 6.92 Å². The average molecular weight is 186 g/mol. The van der Waals surface area contributed by atoms with Crippen molar-refractivity contribution in [3.8, 4) is 0 Å². The summed E-state index contributed by atoms with van der Waals surface area (Å²) < 4.78 is 0. The van der Waals surface area contributed by atoms with E-state index in [-0.39, 0.29) is 5.78 Å². The van der Waals surface area contributed by atoms with Crippen LogP contribution in [-0.4, -0.2) is 39.4 Å². The molecule has 0 aromatic heterocycles. The molecule has 0 aromatic carbocycles. The van der Waals surface area contributed by atoms with Gasteiger partial charge >= 0.3 is 0 Å². The highest BCUT2D eigenvalue weighted by atomic mass is 16.4. The first kappa shape index (κ1) is 9.12. The van der Waals surface area contributed by atoms with Crippen molar-refractivity contribution in [2.75, 3.05) is 0 Å². The van der Waals surface area contributed by atoms with Crippen LogP contribution < -0.4 is 0 Å². The van der Waals surface area contributed by atoms with E-state index in [1.165, 1.54) is 0 Å². The fourth-order valence-corrected chi connectivity index (χ4v) is 2.72. The zero-order valence-electron chi connectivity index (χ0n) is 7.47. The van der Waals surface area contributed by atoms with Gasteiger partial charge in [0.25, 0.3) is 0 Å². The van der Waals surface area contributed by atoms with E-state index in [0.29, 0.717) is 18.8 Å². The predicted octanol–water partition coefficient (Wildman–Crippen LogP) is -0.932. The molecule has 0 bridgehead atoms. The van der Waals surface area contributed by atoms with Gasteiger partial charge in [0.1, 0.15) is 12.2 Å². The minimum atomic E-state index is -1.39. The molecular formula is C9H14O4. The lowest BCUT2D eigenvalue weighted by atomic mass is 9.60. The summed E-state index contributed by atoms with van der Waals surface area (Å²) in [6.45, 7) is 1.99. The molecule has 13 heavy (non-hydrogen) atoms. The van der Waals surface area contributed by atoms with Gasteiger partial charge < -0.3 is 15.3 Å². The van der Waals surface area contributed by atoms with Crippen LogP contribution in [0, 0.1) is 11.3 Å². The van der Waals surface area contributed by atoms with E-state index in [9.17, 15) is 20.1 Å². The Balaban J connectivity index is 2.26. The zero-order valence-corrected chi connectivity index (χ0v) is 7.47. The van der Waals surface area contributed by atoms with Gasteiger partial charge in [0.15, 0.2) is 5.78 Å². The molecule has 0 heterocycles. The highest BCUT2D eigenvalue weighted by Gasteiger charge is 2.63. The van der Waals surface area contributed by atoms with Crippen molar-refractivity contribution >= 4 is 5.78 Å². The van der Waals surface area contributed by atoms with Crippen LogP contribution in [-0.2, 0) is 4.79 Å². The van der Waals surface area contributed by atoms with Gasteiger partial charge in [0.2, 0.25) is 0 Å². The van der Waals surface area contributed by atoms with Gasteiger partial charge in [-0.2, -0.15) is 0 Å². The molecule has 2 fully saturated rings. The van der Waals surface area contributed by atoms with Gasteiger partial charge in [0.05, 0.1) is 11.5 Å². The molecule has 4 nitrogen and oxygen atoms in total. The molecule has 0 amide bonds. The summed E-state index contributed by atoms with van der Waals surface area (Å²) in [4.78, 5) is 11.5. The quantitative estimate of drug-likeness (QED) is 0.456. The summed E-state index contributed by atoms with van der Waals surface area (Å²) in [5, 5.41) is 28.2. The minimum absolute atomic E-state index is 0.384. The number of aliphatic hydroxyl groups excluding tert-OH is 3. The van der Waals surface area contributed by atoms with E-state index in [1.54, 1.807) is 0 Å². The second kappa shape index (κ2) is 2.53. The first-order valence-corrected chi connectivity index (χ1v) is 4.57. The maximum absolute atomic E-state index is 11.5. The summed E-state index contributed by atoms with van der Waals surface area (Å²) in [5.74, 6) is 0.0155. The van der Waals surface area contributed by atoms with Gasteiger partial charge in [-0.3, -0.25) is 4.79 Å². The Morgan fingerprint density at radius 2 is 1.85 bits per heavy atom. The van der Waals surface area contributed by atoms with E-state index in [4.69, 9.17) is 0 Å². The van der Waals surface area contributed by atoms with Crippen LogP contribution in [0.4, 0.5) is 0 Å². The zero-order chi connectivity index (χ0) is 9.80. The Hall–Kier alpha value is -0.450. The van der Waals surface area contributed by atoms with Crippen molar-refractivity contribution in [1.82, 2.24) is 0 Å². The highest BCUT2D eigenvalue weighted by molar-refractivity contribution is 5.93. The third kappa shape index (κ3) is 0.936. The number of carbonyl (C=O) groups is 1. The number of carbonyl (C=O) groups excluding carboxylic acids is 1. The van der Waals surface area contributed by atoms with Crippen LogP contribution in [0.3, 0.4) is 0 Å². The Morgan fingerprint density at radius 1 is 1.31 bits per heavy atom. The molecule has 0 aliphatic heterocycles. The molecular weight excluding hydrogens is 172 g/mol. The van der Waals surface area contributed by atoms with E-state index in [2.05, 4.69) is 0 Å². The van der Waals surface area contributed by atoms with Crippen LogP contribution in [0.5, 0.6) is 0 Å². The largest absolute Gasteiger partial charge is 0.389 e. The van der Waals surface area contributed by atoms with Gasteiger partial charge in [-0.15, -0.1) is 0 Å². The Bertz CT molecular complexity index is 244. The second-order valence-corrected chi connectivity index (χ2v) is 4.41. The minimum Gasteiger partial charge on any atom is -0.389 e. The number of Topliss-reactive ketones (excluding diaryl/α,β-unsaturated/α-hetero) is 1. The van der Waals surface area contributed by atoms with Crippen molar-refractivity contribution < 1.29 is 20.1 Å². The number of ketones is 1. The summed E-state index contributed by atoms with van der Waals surface area (Å²) >= 11 is 0. The maximum Gasteiger partial charge on any atom is 0.172 e. The topological polar surface area (TPSA) is 77.8 Å². The van der Waals surface area contributed by atoms with Crippen molar-refractivity contribution in [3.63, 3.8) is 0 Å². The van der Waals surface area contributed by atoms with Crippen LogP contribution >= 0.6 is 0 Å². The summed E-state index contributed by atoms with van der Waals surface area (Å²) in [7, 11) is 0. The summed E-state index contributed by atoms with van der Waals surface area (Å²) in [6, 6.07) is 0. The molecule has 3 N–H and O–H groups in total. The number of hydrogen-bond donors (Lipinski definition) is 3. The molecule has 1 spiro atoms. The second-order valence-electron chi connectivity index (χ2n) is 4.41. The van der Waals surface area contributed by atoms with Crippen molar-refractivity contribution in [3.05, 3.63) is 0 Å².